The standard InChI is InChI=1S/C16H14N4O/c1-20(13-4-2-3-11(7-13)9-17)10-16-19-14-6-5-12(18)8-15(14)21-16/h2-8H,10,18H2,1H3. The highest BCUT2D eigenvalue weighted by molar-refractivity contribution is 5.76. The van der Waals surface area contributed by atoms with Gasteiger partial charge in [0.2, 0.25) is 5.89 Å². The number of nitrogens with zero attached hydrogens (tertiary/aromatic N) is 3. The highest BCUT2D eigenvalue weighted by Crippen LogP contribution is 2.21. The van der Waals surface area contributed by atoms with Crippen molar-refractivity contribution in [1.29, 1.82) is 5.26 Å². The molecule has 5 heteroatoms. The number of aromatic nitrogens is 1. The number of rotatable bonds is 3. The molecule has 0 spiro atoms. The van der Waals surface area contributed by atoms with E-state index in [1.54, 1.807) is 18.2 Å². The van der Waals surface area contributed by atoms with E-state index in [2.05, 4.69) is 11.1 Å². The molecule has 0 fully saturated rings. The Labute approximate surface area is 122 Å². The Morgan fingerprint density at radius 3 is 2.95 bits per heavy atom. The van der Waals surface area contributed by atoms with Crippen LogP contribution in [-0.4, -0.2) is 12.0 Å². The molecule has 0 aliphatic rings. The van der Waals surface area contributed by atoms with Gasteiger partial charge in [0, 0.05) is 24.5 Å². The molecule has 3 aromatic rings. The van der Waals surface area contributed by atoms with Crippen molar-refractivity contribution in [1.82, 2.24) is 4.98 Å². The van der Waals surface area contributed by atoms with Crippen LogP contribution in [0.1, 0.15) is 11.5 Å². The normalized spacial score (nSPS) is 10.5. The lowest BCUT2D eigenvalue weighted by Gasteiger charge is -2.17. The number of nitrogens with two attached hydrogens (primary N) is 1. The van der Waals surface area contributed by atoms with E-state index >= 15 is 0 Å². The van der Waals surface area contributed by atoms with E-state index in [1.807, 2.05) is 36.2 Å². The molecular weight excluding hydrogens is 264 g/mol. The lowest BCUT2D eigenvalue weighted by Crippen LogP contribution is -2.16. The monoisotopic (exact) mass is 278 g/mol. The van der Waals surface area contributed by atoms with E-state index in [1.165, 1.54) is 0 Å². The van der Waals surface area contributed by atoms with Crippen LogP contribution in [0.2, 0.25) is 0 Å². The Hall–Kier alpha value is -3.00. The Morgan fingerprint density at radius 1 is 1.29 bits per heavy atom. The molecule has 0 saturated carbocycles. The zero-order valence-corrected chi connectivity index (χ0v) is 11.6. The number of fused-ring (bicyclic) bond motifs is 1. The Bertz CT molecular complexity index is 832. The van der Waals surface area contributed by atoms with Crippen LogP contribution >= 0.6 is 0 Å². The number of hydrogen-bond donors (Lipinski definition) is 1. The van der Waals surface area contributed by atoms with Crippen LogP contribution in [-0.2, 0) is 6.54 Å². The van der Waals surface area contributed by atoms with Gasteiger partial charge in [-0.2, -0.15) is 5.26 Å². The minimum Gasteiger partial charge on any atom is -0.439 e. The van der Waals surface area contributed by atoms with Gasteiger partial charge >= 0.3 is 0 Å². The molecule has 2 aromatic carbocycles. The minimum atomic E-state index is 0.517. The molecule has 0 aliphatic heterocycles. The second-order valence-electron chi connectivity index (χ2n) is 4.85. The summed E-state index contributed by atoms with van der Waals surface area (Å²) in [5.74, 6) is 0.612. The maximum absolute atomic E-state index is 8.94. The predicted molar refractivity (Wildman–Crippen MR) is 81.7 cm³/mol. The van der Waals surface area contributed by atoms with Crippen molar-refractivity contribution in [3.8, 4) is 6.07 Å². The first-order valence-corrected chi connectivity index (χ1v) is 6.52. The summed E-state index contributed by atoms with van der Waals surface area (Å²) in [4.78, 5) is 6.41. The minimum absolute atomic E-state index is 0.517. The van der Waals surface area contributed by atoms with Crippen molar-refractivity contribution in [3.05, 3.63) is 53.9 Å². The molecule has 1 aromatic heterocycles. The summed E-state index contributed by atoms with van der Waals surface area (Å²) in [6.45, 7) is 0.517. The average Bonchev–Trinajstić information content (AvgIpc) is 2.88. The van der Waals surface area contributed by atoms with E-state index in [-0.39, 0.29) is 0 Å². The van der Waals surface area contributed by atoms with Gasteiger partial charge in [0.25, 0.3) is 0 Å². The van der Waals surface area contributed by atoms with Crippen LogP contribution in [0.25, 0.3) is 11.1 Å². The number of oxazole rings is 1. The molecule has 1 heterocycles. The van der Waals surface area contributed by atoms with Crippen molar-refractivity contribution in [2.24, 2.45) is 0 Å². The van der Waals surface area contributed by atoms with Gasteiger partial charge in [0.05, 0.1) is 18.2 Å². The van der Waals surface area contributed by atoms with Crippen LogP contribution in [0.5, 0.6) is 0 Å². The zero-order chi connectivity index (χ0) is 14.8. The van der Waals surface area contributed by atoms with Crippen molar-refractivity contribution >= 4 is 22.5 Å². The van der Waals surface area contributed by atoms with Crippen molar-refractivity contribution in [3.63, 3.8) is 0 Å². The summed E-state index contributed by atoms with van der Waals surface area (Å²) < 4.78 is 5.70. The van der Waals surface area contributed by atoms with Gasteiger partial charge in [-0.3, -0.25) is 0 Å². The molecule has 21 heavy (non-hydrogen) atoms. The molecule has 0 aliphatic carbocycles. The van der Waals surface area contributed by atoms with Gasteiger partial charge in [-0.15, -0.1) is 0 Å². The van der Waals surface area contributed by atoms with Crippen molar-refractivity contribution < 1.29 is 4.42 Å². The maximum Gasteiger partial charge on any atom is 0.215 e. The van der Waals surface area contributed by atoms with Gasteiger partial charge in [-0.25, -0.2) is 4.98 Å². The van der Waals surface area contributed by atoms with Gasteiger partial charge in [-0.05, 0) is 30.3 Å². The fourth-order valence-corrected chi connectivity index (χ4v) is 2.16. The Balaban J connectivity index is 1.85. The van der Waals surface area contributed by atoms with Crippen LogP contribution < -0.4 is 10.6 Å². The average molecular weight is 278 g/mol. The molecule has 0 radical (unpaired) electrons. The van der Waals surface area contributed by atoms with Crippen LogP contribution in [0.3, 0.4) is 0 Å². The van der Waals surface area contributed by atoms with E-state index < -0.39 is 0 Å². The van der Waals surface area contributed by atoms with Gasteiger partial charge < -0.3 is 15.1 Å². The SMILES string of the molecule is CN(Cc1nc2ccc(N)cc2o1)c1cccc(C#N)c1. The second-order valence-corrected chi connectivity index (χ2v) is 4.85. The van der Waals surface area contributed by atoms with Crippen molar-refractivity contribution in [2.75, 3.05) is 17.7 Å². The van der Waals surface area contributed by atoms with Gasteiger partial charge in [0.1, 0.15) is 5.52 Å². The van der Waals surface area contributed by atoms with E-state index in [9.17, 15) is 0 Å². The Kier molecular flexibility index (Phi) is 3.20. The van der Waals surface area contributed by atoms with Crippen LogP contribution in [0.4, 0.5) is 11.4 Å². The first-order valence-electron chi connectivity index (χ1n) is 6.52. The van der Waals surface area contributed by atoms with Crippen LogP contribution in [0, 0.1) is 11.3 Å². The number of nitriles is 1. The van der Waals surface area contributed by atoms with Crippen LogP contribution in [0.15, 0.2) is 46.9 Å². The number of benzene rings is 2. The second kappa shape index (κ2) is 5.17. The van der Waals surface area contributed by atoms with Crippen molar-refractivity contribution in [2.45, 2.75) is 6.54 Å². The smallest absolute Gasteiger partial charge is 0.215 e. The fraction of sp³-hybridized carbons (Fsp3) is 0.125. The molecule has 0 amide bonds. The molecule has 0 bridgehead atoms. The molecule has 2 N–H and O–H groups in total. The third-order valence-corrected chi connectivity index (χ3v) is 3.25. The quantitative estimate of drug-likeness (QED) is 0.745. The van der Waals surface area contributed by atoms with E-state index in [4.69, 9.17) is 15.4 Å². The lowest BCUT2D eigenvalue weighted by atomic mass is 10.2. The molecule has 0 saturated heterocycles. The highest BCUT2D eigenvalue weighted by Gasteiger charge is 2.09. The third-order valence-electron chi connectivity index (χ3n) is 3.25. The summed E-state index contributed by atoms with van der Waals surface area (Å²) in [5, 5.41) is 8.94. The number of nitrogen functional groups attached to an aromatic ring is 1. The Morgan fingerprint density at radius 2 is 2.14 bits per heavy atom. The number of anilines is 2. The maximum atomic E-state index is 8.94. The third kappa shape index (κ3) is 2.65. The summed E-state index contributed by atoms with van der Waals surface area (Å²) in [6, 6.07) is 15.0. The van der Waals surface area contributed by atoms with Gasteiger partial charge in [0.15, 0.2) is 5.58 Å². The topological polar surface area (TPSA) is 79.1 Å². The fourth-order valence-electron chi connectivity index (χ4n) is 2.16. The molecule has 104 valence electrons. The lowest BCUT2D eigenvalue weighted by molar-refractivity contribution is 0.527. The molecule has 5 nitrogen and oxygen atoms in total. The summed E-state index contributed by atoms with van der Waals surface area (Å²) >= 11 is 0. The first-order chi connectivity index (χ1) is 10.2. The highest BCUT2D eigenvalue weighted by atomic mass is 16.3. The number of hydrogen-bond acceptors (Lipinski definition) is 5. The first kappa shape index (κ1) is 13.0. The summed E-state index contributed by atoms with van der Waals surface area (Å²) in [7, 11) is 1.93. The predicted octanol–water partition coefficient (Wildman–Crippen LogP) is 2.92. The molecule has 0 atom stereocenters. The molecule has 3 rings (SSSR count). The van der Waals surface area contributed by atoms with E-state index in [0.29, 0.717) is 29.3 Å². The van der Waals surface area contributed by atoms with Gasteiger partial charge in [-0.1, -0.05) is 6.07 Å². The molecule has 0 unspecified atom stereocenters. The van der Waals surface area contributed by atoms with E-state index in [0.717, 1.165) is 11.2 Å². The zero-order valence-electron chi connectivity index (χ0n) is 11.6. The summed E-state index contributed by atoms with van der Waals surface area (Å²) in [5.41, 5.74) is 9.43. The summed E-state index contributed by atoms with van der Waals surface area (Å²) in [6.07, 6.45) is 0. The molecular formula is C16H14N4O. The largest absolute Gasteiger partial charge is 0.439 e.